The van der Waals surface area contributed by atoms with Crippen LogP contribution in [0.1, 0.15) is 44.3 Å². The predicted octanol–water partition coefficient (Wildman–Crippen LogP) is 4.78. The van der Waals surface area contributed by atoms with Gasteiger partial charge in [-0.3, -0.25) is 9.59 Å². The number of carbonyl (C=O) groups is 1. The van der Waals surface area contributed by atoms with Crippen molar-refractivity contribution in [2.24, 2.45) is 0 Å². The maximum absolute atomic E-state index is 13.4. The largest absolute Gasteiger partial charge is 0.497 e. The molecule has 1 aromatic carbocycles. The van der Waals surface area contributed by atoms with Gasteiger partial charge in [0.05, 0.1) is 25.6 Å². The van der Waals surface area contributed by atoms with E-state index in [9.17, 15) is 9.59 Å². The van der Waals surface area contributed by atoms with Crippen LogP contribution in [0.4, 0.5) is 0 Å². The van der Waals surface area contributed by atoms with Crippen molar-refractivity contribution in [1.29, 1.82) is 0 Å². The Labute approximate surface area is 193 Å². The molecule has 0 unspecified atom stereocenters. The van der Waals surface area contributed by atoms with Gasteiger partial charge in [0.25, 0.3) is 11.5 Å². The first-order valence-corrected chi connectivity index (χ1v) is 12.3. The van der Waals surface area contributed by atoms with E-state index in [4.69, 9.17) is 9.72 Å². The fourth-order valence-electron chi connectivity index (χ4n) is 4.17. The van der Waals surface area contributed by atoms with Crippen molar-refractivity contribution in [3.05, 3.63) is 78.8 Å². The number of ether oxygens (including phenoxy) is 1. The second-order valence-corrected chi connectivity index (χ2v) is 9.99. The molecule has 3 heterocycles. The van der Waals surface area contributed by atoms with Crippen LogP contribution in [0, 0.1) is 0 Å². The van der Waals surface area contributed by atoms with Crippen LogP contribution in [0.3, 0.4) is 0 Å². The second kappa shape index (κ2) is 8.88. The molecule has 5 rings (SSSR count). The van der Waals surface area contributed by atoms with E-state index in [0.717, 1.165) is 40.8 Å². The van der Waals surface area contributed by atoms with E-state index in [1.807, 2.05) is 17.5 Å². The first-order chi connectivity index (χ1) is 15.6. The minimum Gasteiger partial charge on any atom is -0.497 e. The Bertz CT molecular complexity index is 1310. The van der Waals surface area contributed by atoms with Crippen molar-refractivity contribution in [3.63, 3.8) is 0 Å². The molecule has 0 bridgehead atoms. The lowest BCUT2D eigenvalue weighted by atomic mass is 9.97. The number of nitrogens with one attached hydrogen (secondary N) is 1. The van der Waals surface area contributed by atoms with E-state index in [0.29, 0.717) is 23.7 Å². The van der Waals surface area contributed by atoms with Crippen LogP contribution in [0.2, 0.25) is 0 Å². The quantitative estimate of drug-likeness (QED) is 0.445. The number of hydrogen-bond acceptors (Lipinski definition) is 6. The number of aromatic amines is 1. The molecule has 8 heteroatoms. The predicted molar refractivity (Wildman–Crippen MR) is 128 cm³/mol. The van der Waals surface area contributed by atoms with Crippen molar-refractivity contribution in [1.82, 2.24) is 14.9 Å². The second-order valence-electron chi connectivity index (χ2n) is 7.87. The Balaban J connectivity index is 1.48. The molecular formula is C24H23N3O3S2. The van der Waals surface area contributed by atoms with Crippen LogP contribution in [-0.4, -0.2) is 27.9 Å². The Morgan fingerprint density at radius 1 is 1.16 bits per heavy atom. The van der Waals surface area contributed by atoms with E-state index >= 15 is 0 Å². The number of aromatic nitrogens is 2. The first-order valence-electron chi connectivity index (χ1n) is 10.6. The molecule has 164 valence electrons. The number of amides is 1. The number of rotatable bonds is 6. The number of benzene rings is 1. The van der Waals surface area contributed by atoms with Gasteiger partial charge in [-0.2, -0.15) is 0 Å². The zero-order valence-corrected chi connectivity index (χ0v) is 19.4. The van der Waals surface area contributed by atoms with Gasteiger partial charge in [-0.1, -0.05) is 6.07 Å². The van der Waals surface area contributed by atoms with Crippen molar-refractivity contribution >= 4 is 38.8 Å². The number of fused-ring (bicyclic) bond motifs is 3. The van der Waals surface area contributed by atoms with Crippen LogP contribution >= 0.6 is 22.7 Å². The lowest BCUT2D eigenvalue weighted by Gasteiger charge is -2.22. The molecule has 4 aromatic rings. The normalized spacial score (nSPS) is 13.2. The summed E-state index contributed by atoms with van der Waals surface area (Å²) in [5.74, 6) is 1.10. The smallest absolute Gasteiger partial charge is 0.259 e. The van der Waals surface area contributed by atoms with E-state index < -0.39 is 0 Å². The van der Waals surface area contributed by atoms with Crippen LogP contribution < -0.4 is 10.3 Å². The molecule has 0 aliphatic heterocycles. The minimum absolute atomic E-state index is 0.0997. The van der Waals surface area contributed by atoms with Crippen molar-refractivity contribution in [2.75, 3.05) is 7.11 Å². The summed E-state index contributed by atoms with van der Waals surface area (Å²) in [7, 11) is 1.60. The Morgan fingerprint density at radius 3 is 2.72 bits per heavy atom. The zero-order chi connectivity index (χ0) is 22.1. The number of thiophene rings is 2. The Kier molecular flexibility index (Phi) is 5.80. The summed E-state index contributed by atoms with van der Waals surface area (Å²) in [5, 5.41) is 2.73. The van der Waals surface area contributed by atoms with Crippen molar-refractivity contribution in [2.45, 2.75) is 38.8 Å². The highest BCUT2D eigenvalue weighted by molar-refractivity contribution is 7.18. The molecule has 0 spiro atoms. The van der Waals surface area contributed by atoms with Crippen LogP contribution in [0.15, 0.2) is 46.6 Å². The van der Waals surface area contributed by atoms with E-state index in [-0.39, 0.29) is 18.0 Å². The highest BCUT2D eigenvalue weighted by Crippen LogP contribution is 2.33. The van der Waals surface area contributed by atoms with Gasteiger partial charge < -0.3 is 14.6 Å². The lowest BCUT2D eigenvalue weighted by Crippen LogP contribution is -2.31. The Morgan fingerprint density at radius 2 is 1.97 bits per heavy atom. The lowest BCUT2D eigenvalue weighted by molar-refractivity contribution is 0.0727. The van der Waals surface area contributed by atoms with E-state index in [2.05, 4.69) is 4.98 Å². The van der Waals surface area contributed by atoms with E-state index in [1.54, 1.807) is 58.9 Å². The average Bonchev–Trinajstić information content (AvgIpc) is 3.45. The maximum Gasteiger partial charge on any atom is 0.259 e. The number of methoxy groups -OCH3 is 1. The van der Waals surface area contributed by atoms with Gasteiger partial charge in [-0.25, -0.2) is 4.98 Å². The standard InChI is InChI=1S/C24H23N3O3S2/c1-30-16-10-8-15(9-11-16)24(29)27(13-17-5-4-12-31-17)14-20-25-22(28)21-18-6-2-3-7-19(18)32-23(21)26-20/h4-5,8-12H,2-3,6-7,13-14H2,1H3,(H,25,26,28). The van der Waals surface area contributed by atoms with Crippen molar-refractivity contribution < 1.29 is 9.53 Å². The van der Waals surface area contributed by atoms with Gasteiger partial charge in [-0.05, 0) is 67.0 Å². The number of nitrogens with zero attached hydrogens (tertiary/aromatic N) is 2. The molecule has 6 nitrogen and oxygen atoms in total. The third-order valence-electron chi connectivity index (χ3n) is 5.77. The highest BCUT2D eigenvalue weighted by Gasteiger charge is 2.22. The average molecular weight is 466 g/mol. The summed E-state index contributed by atoms with van der Waals surface area (Å²) in [5.41, 5.74) is 1.64. The molecule has 0 saturated carbocycles. The third-order valence-corrected chi connectivity index (χ3v) is 7.81. The molecule has 1 amide bonds. The molecular weight excluding hydrogens is 442 g/mol. The van der Waals surface area contributed by atoms with Gasteiger partial charge in [0.2, 0.25) is 0 Å². The van der Waals surface area contributed by atoms with E-state index in [1.165, 1.54) is 10.4 Å². The van der Waals surface area contributed by atoms with Crippen LogP contribution in [0.5, 0.6) is 5.75 Å². The molecule has 1 aliphatic rings. The fourth-order valence-corrected chi connectivity index (χ4v) is 6.17. The minimum atomic E-state index is -0.116. The number of aryl methyl sites for hydroxylation is 2. The molecule has 32 heavy (non-hydrogen) atoms. The molecule has 3 aromatic heterocycles. The zero-order valence-electron chi connectivity index (χ0n) is 17.7. The monoisotopic (exact) mass is 465 g/mol. The van der Waals surface area contributed by atoms with Gasteiger partial charge in [0.15, 0.2) is 0 Å². The van der Waals surface area contributed by atoms with Gasteiger partial charge in [0, 0.05) is 15.3 Å². The summed E-state index contributed by atoms with van der Waals surface area (Å²) in [6.45, 7) is 0.682. The van der Waals surface area contributed by atoms with Crippen LogP contribution in [0.25, 0.3) is 10.2 Å². The third kappa shape index (κ3) is 4.08. The van der Waals surface area contributed by atoms with Gasteiger partial charge in [-0.15, -0.1) is 22.7 Å². The van der Waals surface area contributed by atoms with Gasteiger partial charge >= 0.3 is 0 Å². The van der Waals surface area contributed by atoms with Gasteiger partial charge in [0.1, 0.15) is 16.4 Å². The Hall–Kier alpha value is -2.97. The fraction of sp³-hybridized carbons (Fsp3) is 0.292. The maximum atomic E-state index is 13.4. The first kappa shape index (κ1) is 20.9. The van der Waals surface area contributed by atoms with Crippen LogP contribution in [-0.2, 0) is 25.9 Å². The molecule has 0 atom stereocenters. The summed E-state index contributed by atoms with van der Waals surface area (Å²) in [6, 6.07) is 11.0. The molecule has 1 aliphatic carbocycles. The summed E-state index contributed by atoms with van der Waals surface area (Å²) in [6.07, 6.45) is 4.24. The number of hydrogen-bond donors (Lipinski definition) is 1. The summed E-state index contributed by atoms with van der Waals surface area (Å²) < 4.78 is 5.21. The summed E-state index contributed by atoms with van der Waals surface area (Å²) in [4.78, 5) is 38.9. The molecule has 0 saturated heterocycles. The highest BCUT2D eigenvalue weighted by atomic mass is 32.1. The molecule has 0 fully saturated rings. The van der Waals surface area contributed by atoms with Crippen molar-refractivity contribution in [3.8, 4) is 5.75 Å². The molecule has 1 N–H and O–H groups in total. The molecule has 0 radical (unpaired) electrons. The number of carbonyl (C=O) groups excluding carboxylic acids is 1. The SMILES string of the molecule is COc1ccc(C(=O)N(Cc2nc3sc4c(c3c(=O)[nH]2)CCCC4)Cc2cccs2)cc1. The number of H-pyrrole nitrogens is 1. The summed E-state index contributed by atoms with van der Waals surface area (Å²) >= 11 is 3.22. The topological polar surface area (TPSA) is 75.3 Å².